The van der Waals surface area contributed by atoms with Crippen LogP contribution in [0.25, 0.3) is 0 Å². The maximum atomic E-state index is 14.0. The van der Waals surface area contributed by atoms with Crippen LogP contribution in [-0.2, 0) is 9.53 Å². The molecule has 2 aromatic carbocycles. The van der Waals surface area contributed by atoms with Crippen LogP contribution < -0.4 is 9.47 Å². The number of carbonyl (C=O) groups is 3. The Bertz CT molecular complexity index is 1110. The zero-order valence-corrected chi connectivity index (χ0v) is 20.5. The molecule has 0 N–H and O–H groups in total. The number of fused-ring (bicyclic) bond motifs is 1. The van der Waals surface area contributed by atoms with E-state index >= 15 is 0 Å². The molecule has 0 spiro atoms. The van der Waals surface area contributed by atoms with Gasteiger partial charge in [0.1, 0.15) is 0 Å². The van der Waals surface area contributed by atoms with Crippen molar-refractivity contribution in [1.29, 1.82) is 0 Å². The van der Waals surface area contributed by atoms with Crippen molar-refractivity contribution in [3.05, 3.63) is 59.2 Å². The van der Waals surface area contributed by atoms with Crippen molar-refractivity contribution in [1.82, 2.24) is 14.7 Å². The van der Waals surface area contributed by atoms with Gasteiger partial charge < -0.3 is 28.9 Å². The highest BCUT2D eigenvalue weighted by molar-refractivity contribution is 6.01. The Kier molecular flexibility index (Phi) is 7.14. The Morgan fingerprint density at radius 3 is 2.26 bits per heavy atom. The maximum Gasteiger partial charge on any atom is 0.409 e. The van der Waals surface area contributed by atoms with Gasteiger partial charge in [-0.15, -0.1) is 0 Å². The van der Waals surface area contributed by atoms with Gasteiger partial charge in [0.05, 0.1) is 32.8 Å². The van der Waals surface area contributed by atoms with Crippen molar-refractivity contribution in [2.75, 3.05) is 54.1 Å². The van der Waals surface area contributed by atoms with Crippen LogP contribution in [0, 0.1) is 0 Å². The minimum Gasteiger partial charge on any atom is -0.493 e. The first-order chi connectivity index (χ1) is 16.9. The van der Waals surface area contributed by atoms with Crippen LogP contribution in [0.2, 0.25) is 0 Å². The highest BCUT2D eigenvalue weighted by atomic mass is 16.6. The average molecular weight is 482 g/mol. The summed E-state index contributed by atoms with van der Waals surface area (Å²) < 4.78 is 16.0. The maximum absolute atomic E-state index is 14.0. The number of hydrogen-bond donors (Lipinski definition) is 0. The summed E-state index contributed by atoms with van der Waals surface area (Å²) in [5.74, 6) is 0.260. The van der Waals surface area contributed by atoms with Gasteiger partial charge in [-0.1, -0.05) is 24.3 Å². The van der Waals surface area contributed by atoms with Gasteiger partial charge in [0, 0.05) is 38.8 Å². The summed E-state index contributed by atoms with van der Waals surface area (Å²) in [7, 11) is 4.84. The Balaban J connectivity index is 1.70. The van der Waals surface area contributed by atoms with E-state index in [2.05, 4.69) is 0 Å². The molecule has 0 aromatic heterocycles. The molecule has 0 saturated carbocycles. The van der Waals surface area contributed by atoms with Gasteiger partial charge in [-0.3, -0.25) is 9.59 Å². The molecule has 3 amide bonds. The van der Waals surface area contributed by atoms with Crippen molar-refractivity contribution >= 4 is 17.9 Å². The monoisotopic (exact) mass is 481 g/mol. The van der Waals surface area contributed by atoms with E-state index in [0.717, 1.165) is 5.56 Å². The Morgan fingerprint density at radius 1 is 0.943 bits per heavy atom. The number of piperazine rings is 1. The third-order valence-electron chi connectivity index (χ3n) is 6.71. The first-order valence-electron chi connectivity index (χ1n) is 11.7. The minimum atomic E-state index is -0.610. The number of nitrogens with zero attached hydrogens (tertiary/aromatic N) is 3. The zero-order chi connectivity index (χ0) is 25.1. The molecule has 1 fully saturated rings. The molecule has 2 heterocycles. The van der Waals surface area contributed by atoms with Gasteiger partial charge in [-0.05, 0) is 36.2 Å². The number of hydrogen-bond acceptors (Lipinski definition) is 6. The van der Waals surface area contributed by atoms with Crippen LogP contribution >= 0.6 is 0 Å². The Morgan fingerprint density at radius 2 is 1.60 bits per heavy atom. The third-order valence-corrected chi connectivity index (χ3v) is 6.71. The molecule has 2 aliphatic heterocycles. The molecule has 0 bridgehead atoms. The van der Waals surface area contributed by atoms with E-state index in [0.29, 0.717) is 55.4 Å². The van der Waals surface area contributed by atoms with Crippen molar-refractivity contribution in [3.63, 3.8) is 0 Å². The molecule has 9 heteroatoms. The van der Waals surface area contributed by atoms with Crippen LogP contribution in [0.3, 0.4) is 0 Å². The molecule has 1 saturated heterocycles. The molecule has 2 unspecified atom stereocenters. The SMILES string of the molecule is CCOC(=O)N1CCN(C(=O)C2c3ccccc3C(=O)N(C)C2c2ccc(OC)c(OC)c2)CC1. The lowest BCUT2D eigenvalue weighted by atomic mass is 9.79. The highest BCUT2D eigenvalue weighted by Gasteiger charge is 2.44. The van der Waals surface area contributed by atoms with E-state index in [9.17, 15) is 14.4 Å². The van der Waals surface area contributed by atoms with Gasteiger partial charge in [0.15, 0.2) is 11.5 Å². The van der Waals surface area contributed by atoms with E-state index < -0.39 is 12.0 Å². The molecule has 2 aromatic rings. The van der Waals surface area contributed by atoms with E-state index in [-0.39, 0.29) is 17.9 Å². The van der Waals surface area contributed by atoms with Gasteiger partial charge >= 0.3 is 6.09 Å². The summed E-state index contributed by atoms with van der Waals surface area (Å²) in [6, 6.07) is 12.2. The molecule has 9 nitrogen and oxygen atoms in total. The predicted octanol–water partition coefficient (Wildman–Crippen LogP) is 2.92. The number of rotatable bonds is 5. The van der Waals surface area contributed by atoms with E-state index in [1.165, 1.54) is 0 Å². The molecule has 2 atom stereocenters. The lowest BCUT2D eigenvalue weighted by Crippen LogP contribution is -2.54. The lowest BCUT2D eigenvalue weighted by molar-refractivity contribution is -0.136. The fourth-order valence-electron chi connectivity index (χ4n) is 4.91. The normalized spacial score (nSPS) is 19.8. The smallest absolute Gasteiger partial charge is 0.409 e. The molecule has 2 aliphatic rings. The predicted molar refractivity (Wildman–Crippen MR) is 129 cm³/mol. The van der Waals surface area contributed by atoms with Gasteiger partial charge in [0.25, 0.3) is 5.91 Å². The average Bonchev–Trinajstić information content (AvgIpc) is 2.90. The molecule has 0 aliphatic carbocycles. The number of amides is 3. The summed E-state index contributed by atoms with van der Waals surface area (Å²) >= 11 is 0. The first-order valence-corrected chi connectivity index (χ1v) is 11.7. The molecule has 4 rings (SSSR count). The lowest BCUT2D eigenvalue weighted by Gasteiger charge is -2.43. The second-order valence-electron chi connectivity index (χ2n) is 8.55. The van der Waals surface area contributed by atoms with Crippen LogP contribution in [0.1, 0.15) is 40.4 Å². The number of methoxy groups -OCH3 is 2. The highest BCUT2D eigenvalue weighted by Crippen LogP contribution is 2.44. The van der Waals surface area contributed by atoms with Crippen LogP contribution in [0.4, 0.5) is 4.79 Å². The Hall–Kier alpha value is -3.75. The van der Waals surface area contributed by atoms with E-state index in [1.807, 2.05) is 24.3 Å². The van der Waals surface area contributed by atoms with Crippen molar-refractivity contribution in [3.8, 4) is 11.5 Å². The van der Waals surface area contributed by atoms with Crippen molar-refractivity contribution in [2.45, 2.75) is 18.9 Å². The molecule has 0 radical (unpaired) electrons. The summed E-state index contributed by atoms with van der Waals surface area (Å²) in [5.41, 5.74) is 2.00. The van der Waals surface area contributed by atoms with Gasteiger partial charge in [0.2, 0.25) is 5.91 Å². The second kappa shape index (κ2) is 10.2. The summed E-state index contributed by atoms with van der Waals surface area (Å²) in [6.45, 7) is 3.66. The Labute approximate surface area is 205 Å². The molecule has 186 valence electrons. The molecular formula is C26H31N3O6. The van der Waals surface area contributed by atoms with Crippen LogP contribution in [0.5, 0.6) is 11.5 Å². The van der Waals surface area contributed by atoms with Crippen molar-refractivity contribution < 1.29 is 28.6 Å². The fourth-order valence-corrected chi connectivity index (χ4v) is 4.91. The third kappa shape index (κ3) is 4.50. The minimum absolute atomic E-state index is 0.0832. The zero-order valence-electron chi connectivity index (χ0n) is 20.5. The summed E-state index contributed by atoms with van der Waals surface area (Å²) in [6.07, 6.45) is -0.365. The standard InChI is InChI=1S/C26H31N3O6/c1-5-35-26(32)29-14-12-28(13-15-29)25(31)22-18-8-6-7-9-19(18)24(30)27(2)23(22)17-10-11-20(33-3)21(16-17)34-4/h6-11,16,22-23H,5,12-15H2,1-4H3. The summed E-state index contributed by atoms with van der Waals surface area (Å²) in [4.78, 5) is 44.4. The van der Waals surface area contributed by atoms with E-state index in [4.69, 9.17) is 14.2 Å². The first kappa shape index (κ1) is 24.4. The van der Waals surface area contributed by atoms with E-state index in [1.54, 1.807) is 61.1 Å². The van der Waals surface area contributed by atoms with Gasteiger partial charge in [-0.2, -0.15) is 0 Å². The topological polar surface area (TPSA) is 88.6 Å². The second-order valence-corrected chi connectivity index (χ2v) is 8.55. The summed E-state index contributed by atoms with van der Waals surface area (Å²) in [5, 5.41) is 0. The van der Waals surface area contributed by atoms with Crippen LogP contribution in [0.15, 0.2) is 42.5 Å². The number of likely N-dealkylation sites (N-methyl/N-ethyl adjacent to an activating group) is 1. The number of ether oxygens (including phenoxy) is 3. The van der Waals surface area contributed by atoms with Crippen molar-refractivity contribution in [2.24, 2.45) is 0 Å². The molecule has 35 heavy (non-hydrogen) atoms. The van der Waals surface area contributed by atoms with Crippen LogP contribution in [-0.4, -0.2) is 86.7 Å². The quantitative estimate of drug-likeness (QED) is 0.653. The largest absolute Gasteiger partial charge is 0.493 e. The number of carbonyl (C=O) groups excluding carboxylic acids is 3. The fraction of sp³-hybridized carbons (Fsp3) is 0.423. The number of benzene rings is 2. The van der Waals surface area contributed by atoms with Gasteiger partial charge in [-0.25, -0.2) is 4.79 Å². The molecular weight excluding hydrogens is 450 g/mol.